The minimum Gasteiger partial charge on any atom is -0.462 e. The topological polar surface area (TPSA) is 50.1 Å². The predicted octanol–water partition coefficient (Wildman–Crippen LogP) is 3.28. The van der Waals surface area contributed by atoms with Crippen LogP contribution in [0.1, 0.15) is 28.4 Å². The van der Waals surface area contributed by atoms with E-state index in [9.17, 15) is 4.79 Å². The van der Waals surface area contributed by atoms with Gasteiger partial charge in [-0.1, -0.05) is 27.5 Å². The van der Waals surface area contributed by atoms with Gasteiger partial charge >= 0.3 is 5.97 Å². The normalized spacial score (nSPS) is 9.62. The number of ether oxygens (including phenoxy) is 1. The molecule has 0 heterocycles. The van der Waals surface area contributed by atoms with E-state index in [-0.39, 0.29) is 12.2 Å². The first-order valence-electron chi connectivity index (χ1n) is 4.59. The number of benzene rings is 1. The van der Waals surface area contributed by atoms with Gasteiger partial charge in [0.2, 0.25) is 0 Å². The van der Waals surface area contributed by atoms with Crippen molar-refractivity contribution in [2.45, 2.75) is 12.3 Å². The Morgan fingerprint density at radius 2 is 2.31 bits per heavy atom. The van der Waals surface area contributed by atoms with Crippen molar-refractivity contribution in [2.24, 2.45) is 0 Å². The highest BCUT2D eigenvalue weighted by Gasteiger charge is 2.14. The van der Waals surface area contributed by atoms with E-state index in [1.165, 1.54) is 6.07 Å². The highest BCUT2D eigenvalue weighted by Crippen LogP contribution is 2.23. The SMILES string of the molecule is CCOC(=O)c1cc(C#N)c(CBr)cc1Cl. The fourth-order valence-corrected chi connectivity index (χ4v) is 1.92. The number of hydrogen-bond donors (Lipinski definition) is 0. The summed E-state index contributed by atoms with van der Waals surface area (Å²) in [4.78, 5) is 11.5. The molecule has 0 aliphatic carbocycles. The lowest BCUT2D eigenvalue weighted by Gasteiger charge is -2.07. The summed E-state index contributed by atoms with van der Waals surface area (Å²) in [5.41, 5.74) is 1.40. The lowest BCUT2D eigenvalue weighted by molar-refractivity contribution is 0.0526. The van der Waals surface area contributed by atoms with Crippen LogP contribution in [0.25, 0.3) is 0 Å². The van der Waals surface area contributed by atoms with Crippen molar-refractivity contribution < 1.29 is 9.53 Å². The fraction of sp³-hybridized carbons (Fsp3) is 0.273. The number of nitrogens with zero attached hydrogens (tertiary/aromatic N) is 1. The van der Waals surface area contributed by atoms with E-state index in [0.29, 0.717) is 15.9 Å². The van der Waals surface area contributed by atoms with Gasteiger partial charge in [-0.2, -0.15) is 5.26 Å². The number of halogens is 2. The van der Waals surface area contributed by atoms with Crippen molar-refractivity contribution in [2.75, 3.05) is 6.61 Å². The van der Waals surface area contributed by atoms with Crippen LogP contribution in [0, 0.1) is 11.3 Å². The maximum absolute atomic E-state index is 11.5. The Kier molecular flexibility index (Phi) is 4.78. The molecule has 0 spiro atoms. The largest absolute Gasteiger partial charge is 0.462 e. The van der Waals surface area contributed by atoms with E-state index in [4.69, 9.17) is 21.6 Å². The van der Waals surface area contributed by atoms with Crippen LogP contribution < -0.4 is 0 Å². The van der Waals surface area contributed by atoms with Crippen molar-refractivity contribution in [3.63, 3.8) is 0 Å². The van der Waals surface area contributed by atoms with E-state index in [0.717, 1.165) is 5.56 Å². The third-order valence-corrected chi connectivity index (χ3v) is 2.87. The van der Waals surface area contributed by atoms with Gasteiger partial charge in [0.05, 0.1) is 28.8 Å². The van der Waals surface area contributed by atoms with E-state index in [1.54, 1.807) is 13.0 Å². The van der Waals surface area contributed by atoms with Gasteiger partial charge in [0, 0.05) is 5.33 Å². The average molecular weight is 303 g/mol. The number of alkyl halides is 1. The maximum Gasteiger partial charge on any atom is 0.339 e. The van der Waals surface area contributed by atoms with Gasteiger partial charge in [0.15, 0.2) is 0 Å². The average Bonchev–Trinajstić information content (AvgIpc) is 2.28. The highest BCUT2D eigenvalue weighted by atomic mass is 79.9. The second kappa shape index (κ2) is 5.88. The number of carbonyl (C=O) groups is 1. The molecule has 5 heteroatoms. The molecule has 0 saturated heterocycles. The molecule has 3 nitrogen and oxygen atoms in total. The zero-order chi connectivity index (χ0) is 12.1. The van der Waals surface area contributed by atoms with Gasteiger partial charge in [0.25, 0.3) is 0 Å². The maximum atomic E-state index is 11.5. The van der Waals surface area contributed by atoms with Gasteiger partial charge in [-0.15, -0.1) is 0 Å². The molecule has 1 aromatic carbocycles. The van der Waals surface area contributed by atoms with Crippen LogP contribution in [0.5, 0.6) is 0 Å². The minimum atomic E-state index is -0.509. The van der Waals surface area contributed by atoms with Crippen LogP contribution in [0.4, 0.5) is 0 Å². The van der Waals surface area contributed by atoms with Crippen LogP contribution in [0.15, 0.2) is 12.1 Å². The third kappa shape index (κ3) is 2.75. The van der Waals surface area contributed by atoms with Crippen molar-refractivity contribution in [1.29, 1.82) is 5.26 Å². The van der Waals surface area contributed by atoms with Gasteiger partial charge in [0.1, 0.15) is 0 Å². The van der Waals surface area contributed by atoms with Gasteiger partial charge < -0.3 is 4.74 Å². The van der Waals surface area contributed by atoms with E-state index in [2.05, 4.69) is 15.9 Å². The molecule has 0 N–H and O–H groups in total. The predicted molar refractivity (Wildman–Crippen MR) is 64.8 cm³/mol. The molecular formula is C11H9BrClNO2. The summed E-state index contributed by atoms with van der Waals surface area (Å²) in [5, 5.41) is 9.72. The van der Waals surface area contributed by atoms with Crippen molar-refractivity contribution in [1.82, 2.24) is 0 Å². The molecular weight excluding hydrogens is 293 g/mol. The smallest absolute Gasteiger partial charge is 0.339 e. The zero-order valence-corrected chi connectivity index (χ0v) is 10.9. The van der Waals surface area contributed by atoms with E-state index >= 15 is 0 Å². The van der Waals surface area contributed by atoms with Crippen molar-refractivity contribution >= 4 is 33.5 Å². The first-order chi connectivity index (χ1) is 7.63. The Morgan fingerprint density at radius 1 is 1.62 bits per heavy atom. The number of esters is 1. The van der Waals surface area contributed by atoms with Crippen molar-refractivity contribution in [3.8, 4) is 6.07 Å². The van der Waals surface area contributed by atoms with E-state index < -0.39 is 5.97 Å². The lowest BCUT2D eigenvalue weighted by Crippen LogP contribution is -2.06. The molecule has 16 heavy (non-hydrogen) atoms. The summed E-state index contributed by atoms with van der Waals surface area (Å²) in [5.74, 6) is -0.509. The van der Waals surface area contributed by atoms with Crippen LogP contribution in [0.3, 0.4) is 0 Å². The first kappa shape index (κ1) is 13.0. The quantitative estimate of drug-likeness (QED) is 0.636. The Morgan fingerprint density at radius 3 is 2.81 bits per heavy atom. The molecule has 0 aliphatic heterocycles. The summed E-state index contributed by atoms with van der Waals surface area (Å²) >= 11 is 9.19. The fourth-order valence-electron chi connectivity index (χ4n) is 1.19. The molecule has 84 valence electrons. The summed E-state index contributed by atoms with van der Waals surface area (Å²) in [6.07, 6.45) is 0. The molecule has 0 radical (unpaired) electrons. The number of rotatable bonds is 3. The third-order valence-electron chi connectivity index (χ3n) is 1.95. The van der Waals surface area contributed by atoms with Gasteiger partial charge in [-0.05, 0) is 24.6 Å². The Balaban J connectivity index is 3.22. The highest BCUT2D eigenvalue weighted by molar-refractivity contribution is 9.08. The summed E-state index contributed by atoms with van der Waals surface area (Å²) in [7, 11) is 0. The molecule has 0 fully saturated rings. The number of carbonyl (C=O) groups excluding carboxylic acids is 1. The van der Waals surface area contributed by atoms with Crippen LogP contribution in [-0.2, 0) is 10.1 Å². The van der Waals surface area contributed by atoms with Crippen molar-refractivity contribution in [3.05, 3.63) is 33.8 Å². The molecule has 0 aliphatic rings. The lowest BCUT2D eigenvalue weighted by atomic mass is 10.1. The second-order valence-electron chi connectivity index (χ2n) is 2.96. The summed E-state index contributed by atoms with van der Waals surface area (Å²) < 4.78 is 4.84. The molecule has 0 atom stereocenters. The van der Waals surface area contributed by atoms with Gasteiger partial charge in [-0.25, -0.2) is 4.79 Å². The Bertz CT molecular complexity index is 454. The molecule has 0 aromatic heterocycles. The number of nitriles is 1. The summed E-state index contributed by atoms with van der Waals surface area (Å²) in [6, 6.07) is 5.07. The standard InChI is InChI=1S/C11H9BrClNO2/c1-2-16-11(15)9-3-8(6-14)7(5-12)4-10(9)13/h3-4H,2,5H2,1H3. The Hall–Kier alpha value is -1.05. The zero-order valence-electron chi connectivity index (χ0n) is 8.59. The molecule has 0 unspecified atom stereocenters. The molecule has 1 aromatic rings. The summed E-state index contributed by atoms with van der Waals surface area (Å²) in [6.45, 7) is 1.99. The molecule has 1 rings (SSSR count). The molecule has 0 bridgehead atoms. The monoisotopic (exact) mass is 301 g/mol. The first-order valence-corrected chi connectivity index (χ1v) is 6.09. The number of hydrogen-bond acceptors (Lipinski definition) is 3. The van der Waals surface area contributed by atoms with E-state index in [1.807, 2.05) is 6.07 Å². The second-order valence-corrected chi connectivity index (χ2v) is 3.92. The van der Waals surface area contributed by atoms with Crippen LogP contribution in [-0.4, -0.2) is 12.6 Å². The minimum absolute atomic E-state index is 0.227. The molecule has 0 saturated carbocycles. The Labute approximate surface area is 107 Å². The molecule has 0 amide bonds. The van der Waals surface area contributed by atoms with Gasteiger partial charge in [-0.3, -0.25) is 0 Å². The van der Waals surface area contributed by atoms with Crippen LogP contribution in [0.2, 0.25) is 5.02 Å². The van der Waals surface area contributed by atoms with Crippen LogP contribution >= 0.6 is 27.5 Å².